The minimum absolute atomic E-state index is 0.228. The van der Waals surface area contributed by atoms with Crippen molar-refractivity contribution in [1.29, 1.82) is 0 Å². The number of carbonyl (C=O) groups is 2. The fourth-order valence-electron chi connectivity index (χ4n) is 3.51. The Hall–Kier alpha value is -2.60. The molecule has 0 amide bonds. The van der Waals surface area contributed by atoms with E-state index < -0.39 is 11.9 Å². The predicted molar refractivity (Wildman–Crippen MR) is 104 cm³/mol. The zero-order valence-corrected chi connectivity index (χ0v) is 16.4. The molecule has 0 saturated carbocycles. The summed E-state index contributed by atoms with van der Waals surface area (Å²) in [7, 11) is 3.12. The largest absolute Gasteiger partial charge is 0.493 e. The zero-order chi connectivity index (χ0) is 19.4. The zero-order valence-electron chi connectivity index (χ0n) is 15.6. The summed E-state index contributed by atoms with van der Waals surface area (Å²) >= 11 is 1.57. The molecule has 0 radical (unpaired) electrons. The highest BCUT2D eigenvalue weighted by Gasteiger charge is 2.41. The van der Waals surface area contributed by atoms with E-state index >= 15 is 0 Å². The van der Waals surface area contributed by atoms with Crippen LogP contribution in [0.25, 0.3) is 5.57 Å². The van der Waals surface area contributed by atoms with Gasteiger partial charge in [-0.05, 0) is 42.5 Å². The summed E-state index contributed by atoms with van der Waals surface area (Å²) in [4.78, 5) is 26.5. The van der Waals surface area contributed by atoms with Gasteiger partial charge in [-0.2, -0.15) is 0 Å². The number of ketones is 1. The first-order valence-corrected chi connectivity index (χ1v) is 9.64. The van der Waals surface area contributed by atoms with Crippen LogP contribution in [0, 0.1) is 5.92 Å². The van der Waals surface area contributed by atoms with Crippen molar-refractivity contribution in [2.75, 3.05) is 20.8 Å². The molecule has 0 spiro atoms. The summed E-state index contributed by atoms with van der Waals surface area (Å²) in [5.74, 6) is -0.910. The minimum Gasteiger partial charge on any atom is -0.493 e. The molecule has 2 aromatic rings. The van der Waals surface area contributed by atoms with Gasteiger partial charge in [0, 0.05) is 16.4 Å². The van der Waals surface area contributed by atoms with E-state index in [0.717, 1.165) is 16.0 Å². The molecule has 6 heteroatoms. The van der Waals surface area contributed by atoms with E-state index in [1.165, 1.54) is 0 Å². The van der Waals surface area contributed by atoms with Crippen LogP contribution in [-0.2, 0) is 14.3 Å². The summed E-state index contributed by atoms with van der Waals surface area (Å²) in [6.45, 7) is 1.96. The highest BCUT2D eigenvalue weighted by atomic mass is 32.1. The van der Waals surface area contributed by atoms with Gasteiger partial charge in [0.05, 0.1) is 20.8 Å². The van der Waals surface area contributed by atoms with Gasteiger partial charge in [0.15, 0.2) is 17.3 Å². The van der Waals surface area contributed by atoms with Crippen LogP contribution in [0.5, 0.6) is 11.5 Å². The Bertz CT molecular complexity index is 853. The molecule has 2 atom stereocenters. The second-order valence-electron chi connectivity index (χ2n) is 6.17. The van der Waals surface area contributed by atoms with Crippen molar-refractivity contribution < 1.29 is 23.8 Å². The van der Waals surface area contributed by atoms with Crippen LogP contribution < -0.4 is 9.47 Å². The van der Waals surface area contributed by atoms with Crippen LogP contribution in [0.3, 0.4) is 0 Å². The number of thiophene rings is 1. The van der Waals surface area contributed by atoms with E-state index in [0.29, 0.717) is 17.9 Å². The van der Waals surface area contributed by atoms with Crippen molar-refractivity contribution in [3.8, 4) is 11.5 Å². The van der Waals surface area contributed by atoms with Gasteiger partial charge in [-0.1, -0.05) is 18.2 Å². The molecular formula is C21H22O5S. The molecule has 0 N–H and O–H groups in total. The van der Waals surface area contributed by atoms with Crippen LogP contribution in [0.2, 0.25) is 0 Å². The third-order valence-electron chi connectivity index (χ3n) is 4.68. The molecule has 0 saturated heterocycles. The van der Waals surface area contributed by atoms with Gasteiger partial charge in [-0.25, -0.2) is 0 Å². The van der Waals surface area contributed by atoms with Crippen molar-refractivity contribution in [2.45, 2.75) is 19.3 Å². The Labute approximate surface area is 162 Å². The first-order chi connectivity index (χ1) is 13.1. The number of rotatable bonds is 6. The fourth-order valence-corrected chi connectivity index (χ4v) is 4.27. The molecule has 1 aliphatic rings. The molecule has 27 heavy (non-hydrogen) atoms. The molecule has 0 unspecified atom stereocenters. The number of para-hydroxylation sites is 1. The second-order valence-corrected chi connectivity index (χ2v) is 7.12. The average Bonchev–Trinajstić information content (AvgIpc) is 3.21. The van der Waals surface area contributed by atoms with E-state index in [2.05, 4.69) is 0 Å². The van der Waals surface area contributed by atoms with Crippen molar-refractivity contribution in [3.05, 3.63) is 52.2 Å². The molecule has 142 valence electrons. The lowest BCUT2D eigenvalue weighted by molar-refractivity contribution is -0.151. The number of esters is 1. The Morgan fingerprint density at radius 2 is 2.00 bits per heavy atom. The predicted octanol–water partition coefficient (Wildman–Crippen LogP) is 4.08. The second kappa shape index (κ2) is 8.39. The number of benzene rings is 1. The number of hydrogen-bond donors (Lipinski definition) is 0. The third kappa shape index (κ3) is 3.76. The summed E-state index contributed by atoms with van der Waals surface area (Å²) in [6, 6.07) is 9.44. The number of allylic oxidation sites excluding steroid dienone is 2. The third-order valence-corrected chi connectivity index (χ3v) is 5.62. The fraction of sp³-hybridized carbons (Fsp3) is 0.333. The molecule has 1 heterocycles. The normalized spacial score (nSPS) is 19.4. The molecule has 0 bridgehead atoms. The van der Waals surface area contributed by atoms with Crippen LogP contribution >= 0.6 is 11.3 Å². The van der Waals surface area contributed by atoms with Crippen LogP contribution in [0.4, 0.5) is 0 Å². The van der Waals surface area contributed by atoms with Gasteiger partial charge in [-0.15, -0.1) is 11.3 Å². The molecule has 0 aliphatic heterocycles. The molecule has 3 rings (SSSR count). The highest BCUT2D eigenvalue weighted by Crippen LogP contribution is 2.46. The Balaban J connectivity index is 2.10. The van der Waals surface area contributed by atoms with Crippen LogP contribution in [0.1, 0.15) is 29.7 Å². The summed E-state index contributed by atoms with van der Waals surface area (Å²) in [6.07, 6.45) is 2.12. The van der Waals surface area contributed by atoms with Gasteiger partial charge in [0.2, 0.25) is 0 Å². The van der Waals surface area contributed by atoms with Gasteiger partial charge in [0.25, 0.3) is 0 Å². The summed E-state index contributed by atoms with van der Waals surface area (Å²) < 4.78 is 16.2. The Kier molecular flexibility index (Phi) is 5.96. The number of carbonyl (C=O) groups excluding carboxylic acids is 2. The van der Waals surface area contributed by atoms with Crippen LogP contribution in [-0.4, -0.2) is 32.6 Å². The van der Waals surface area contributed by atoms with E-state index in [4.69, 9.17) is 14.2 Å². The highest BCUT2D eigenvalue weighted by molar-refractivity contribution is 7.11. The van der Waals surface area contributed by atoms with Crippen LogP contribution in [0.15, 0.2) is 41.8 Å². The lowest BCUT2D eigenvalue weighted by Gasteiger charge is -2.30. The van der Waals surface area contributed by atoms with Gasteiger partial charge in [-0.3, -0.25) is 9.59 Å². The average molecular weight is 386 g/mol. The van der Waals surface area contributed by atoms with E-state index in [1.807, 2.05) is 29.6 Å². The van der Waals surface area contributed by atoms with Crippen molar-refractivity contribution >= 4 is 28.7 Å². The number of ether oxygens (including phenoxy) is 3. The Morgan fingerprint density at radius 1 is 1.19 bits per heavy atom. The Morgan fingerprint density at radius 3 is 2.63 bits per heavy atom. The van der Waals surface area contributed by atoms with E-state index in [1.54, 1.807) is 44.6 Å². The summed E-state index contributed by atoms with van der Waals surface area (Å²) in [5, 5.41) is 1.97. The molecule has 0 fully saturated rings. The quantitative estimate of drug-likeness (QED) is 0.553. The molecule has 1 aromatic carbocycles. The van der Waals surface area contributed by atoms with Crippen molar-refractivity contribution in [3.63, 3.8) is 0 Å². The van der Waals surface area contributed by atoms with Crippen molar-refractivity contribution in [1.82, 2.24) is 0 Å². The monoisotopic (exact) mass is 386 g/mol. The smallest absolute Gasteiger partial charge is 0.317 e. The standard InChI is InChI=1S/C21H22O5S/c1-4-26-21(23)19-15(14-7-5-8-17(24-2)20(14)25-3)11-13(12-16(19)22)18-9-6-10-27-18/h5-10,12,15,19H,4,11H2,1-3H3/t15-,19+/m0/s1. The SMILES string of the molecule is CCOC(=O)[C@H]1C(=O)C=C(c2cccs2)C[C@H]1c1cccc(OC)c1OC. The van der Waals surface area contributed by atoms with E-state index in [9.17, 15) is 9.59 Å². The van der Waals surface area contributed by atoms with E-state index in [-0.39, 0.29) is 18.3 Å². The first kappa shape index (κ1) is 19.2. The lowest BCUT2D eigenvalue weighted by atomic mass is 9.74. The molecule has 1 aliphatic carbocycles. The maximum Gasteiger partial charge on any atom is 0.317 e. The number of hydrogen-bond acceptors (Lipinski definition) is 6. The summed E-state index contributed by atoms with van der Waals surface area (Å²) in [5.41, 5.74) is 1.69. The molecular weight excluding hydrogens is 364 g/mol. The van der Waals surface area contributed by atoms with Gasteiger partial charge >= 0.3 is 5.97 Å². The first-order valence-electron chi connectivity index (χ1n) is 8.76. The maximum absolute atomic E-state index is 12.9. The maximum atomic E-state index is 12.9. The lowest BCUT2D eigenvalue weighted by Crippen LogP contribution is -2.34. The molecule has 5 nitrogen and oxygen atoms in total. The topological polar surface area (TPSA) is 61.8 Å². The molecule has 1 aromatic heterocycles. The van der Waals surface area contributed by atoms with Gasteiger partial charge < -0.3 is 14.2 Å². The minimum atomic E-state index is -0.894. The number of methoxy groups -OCH3 is 2. The van der Waals surface area contributed by atoms with Crippen molar-refractivity contribution in [2.24, 2.45) is 5.92 Å². The van der Waals surface area contributed by atoms with Gasteiger partial charge in [0.1, 0.15) is 5.92 Å².